The predicted octanol–water partition coefficient (Wildman–Crippen LogP) is 4.18. The molecule has 1 aliphatic carbocycles. The molecule has 1 saturated carbocycles. The van der Waals surface area contributed by atoms with Crippen LogP contribution in [0.5, 0.6) is 11.5 Å². The van der Waals surface area contributed by atoms with Gasteiger partial charge in [-0.05, 0) is 47.9 Å². The summed E-state index contributed by atoms with van der Waals surface area (Å²) < 4.78 is 10.7. The van der Waals surface area contributed by atoms with Crippen molar-refractivity contribution >= 4 is 29.9 Å². The van der Waals surface area contributed by atoms with Crippen LogP contribution in [0, 0.1) is 5.92 Å². The van der Waals surface area contributed by atoms with Crippen molar-refractivity contribution in [2.45, 2.75) is 18.8 Å². The van der Waals surface area contributed by atoms with E-state index in [1.165, 1.54) is 17.5 Å². The Morgan fingerprint density at radius 1 is 1.10 bits per heavy atom. The van der Waals surface area contributed by atoms with Crippen molar-refractivity contribution in [3.05, 3.63) is 59.7 Å². The highest BCUT2D eigenvalue weighted by atomic mass is 127. The Morgan fingerprint density at radius 2 is 1.83 bits per heavy atom. The minimum Gasteiger partial charge on any atom is -0.493 e. The third-order valence-corrected chi connectivity index (χ3v) is 5.43. The normalized spacial score (nSPS) is 17.9. The first-order chi connectivity index (χ1) is 13.7. The van der Waals surface area contributed by atoms with Gasteiger partial charge in [0.25, 0.3) is 0 Å². The van der Waals surface area contributed by atoms with E-state index in [1.807, 2.05) is 19.2 Å². The zero-order chi connectivity index (χ0) is 19.9. The summed E-state index contributed by atoms with van der Waals surface area (Å²) in [5.74, 6) is 3.85. The molecule has 2 unspecified atom stereocenters. The van der Waals surface area contributed by atoms with E-state index in [-0.39, 0.29) is 24.0 Å². The van der Waals surface area contributed by atoms with Crippen LogP contribution in [0.1, 0.15) is 23.5 Å². The van der Waals surface area contributed by atoms with Crippen LogP contribution in [-0.2, 0) is 6.42 Å². The number of rotatable bonds is 8. The van der Waals surface area contributed by atoms with Crippen LogP contribution >= 0.6 is 24.0 Å². The Morgan fingerprint density at radius 3 is 2.48 bits per heavy atom. The van der Waals surface area contributed by atoms with Crippen LogP contribution in [0.4, 0.5) is 0 Å². The molecule has 2 atom stereocenters. The van der Waals surface area contributed by atoms with Crippen molar-refractivity contribution in [3.8, 4) is 11.5 Å². The van der Waals surface area contributed by atoms with Gasteiger partial charge in [-0.25, -0.2) is 0 Å². The Labute approximate surface area is 191 Å². The molecule has 0 amide bonds. The van der Waals surface area contributed by atoms with Gasteiger partial charge in [-0.1, -0.05) is 36.4 Å². The van der Waals surface area contributed by atoms with Crippen molar-refractivity contribution in [1.82, 2.24) is 10.2 Å². The molecule has 2 aromatic carbocycles. The molecule has 29 heavy (non-hydrogen) atoms. The van der Waals surface area contributed by atoms with E-state index < -0.39 is 0 Å². The molecule has 158 valence electrons. The molecule has 5 nitrogen and oxygen atoms in total. The molecule has 0 heterocycles. The highest BCUT2D eigenvalue weighted by Crippen LogP contribution is 2.46. The fourth-order valence-electron chi connectivity index (χ4n) is 3.63. The summed E-state index contributed by atoms with van der Waals surface area (Å²) in [6.45, 7) is 1.84. The minimum atomic E-state index is 0. The molecule has 0 bridgehead atoms. The first-order valence-corrected chi connectivity index (χ1v) is 9.84. The molecule has 1 N–H and O–H groups in total. The highest BCUT2D eigenvalue weighted by Gasteiger charge is 2.37. The van der Waals surface area contributed by atoms with Crippen molar-refractivity contribution in [2.75, 3.05) is 41.4 Å². The number of aliphatic imine (C=N–C) groups is 1. The van der Waals surface area contributed by atoms with Crippen molar-refractivity contribution in [3.63, 3.8) is 0 Å². The monoisotopic (exact) mass is 509 g/mol. The van der Waals surface area contributed by atoms with E-state index >= 15 is 0 Å². The van der Waals surface area contributed by atoms with Gasteiger partial charge >= 0.3 is 0 Å². The first-order valence-electron chi connectivity index (χ1n) is 9.84. The fourth-order valence-corrected chi connectivity index (χ4v) is 3.63. The molecule has 1 aliphatic rings. The first kappa shape index (κ1) is 23.3. The fraction of sp³-hybridized carbons (Fsp3) is 0.435. The molecular formula is C23H32IN3O2. The molecule has 0 spiro atoms. The van der Waals surface area contributed by atoms with Gasteiger partial charge in [0.05, 0.1) is 14.2 Å². The van der Waals surface area contributed by atoms with E-state index in [9.17, 15) is 0 Å². The summed E-state index contributed by atoms with van der Waals surface area (Å²) in [5.41, 5.74) is 2.66. The Hall–Kier alpha value is -1.96. The lowest BCUT2D eigenvalue weighted by molar-refractivity contribution is 0.354. The number of halogens is 1. The average molecular weight is 509 g/mol. The summed E-state index contributed by atoms with van der Waals surface area (Å²) in [5, 5.41) is 3.54. The maximum absolute atomic E-state index is 5.40. The SMILES string of the molecule is CN=C(NCC1CC1c1ccccc1)N(C)CCc1ccc(OC)c(OC)c1.I. The van der Waals surface area contributed by atoms with Gasteiger partial charge in [0.15, 0.2) is 17.5 Å². The molecule has 0 saturated heterocycles. The maximum atomic E-state index is 5.40. The number of nitrogens with zero attached hydrogens (tertiary/aromatic N) is 2. The molecule has 3 rings (SSSR count). The standard InChI is InChI=1S/C23H31N3O2.HI/c1-24-23(25-16-19-15-20(19)18-8-6-5-7-9-18)26(2)13-12-17-10-11-21(27-3)22(14-17)28-4;/h5-11,14,19-20H,12-13,15-16H2,1-4H3,(H,24,25);1H. The summed E-state index contributed by atoms with van der Waals surface area (Å²) in [7, 11) is 7.25. The zero-order valence-corrected chi connectivity index (χ0v) is 20.1. The van der Waals surface area contributed by atoms with Crippen LogP contribution < -0.4 is 14.8 Å². The van der Waals surface area contributed by atoms with Crippen LogP contribution in [0.15, 0.2) is 53.5 Å². The summed E-state index contributed by atoms with van der Waals surface area (Å²) >= 11 is 0. The van der Waals surface area contributed by atoms with Gasteiger partial charge in [0, 0.05) is 27.2 Å². The molecule has 0 aliphatic heterocycles. The zero-order valence-electron chi connectivity index (χ0n) is 17.7. The summed E-state index contributed by atoms with van der Waals surface area (Å²) in [4.78, 5) is 6.62. The van der Waals surface area contributed by atoms with Crippen molar-refractivity contribution < 1.29 is 9.47 Å². The largest absolute Gasteiger partial charge is 0.493 e. The Kier molecular flexibility index (Phi) is 9.07. The minimum absolute atomic E-state index is 0. The molecule has 0 aromatic heterocycles. The van der Waals surface area contributed by atoms with Gasteiger partial charge in [0.2, 0.25) is 0 Å². The van der Waals surface area contributed by atoms with Crippen molar-refractivity contribution in [2.24, 2.45) is 10.9 Å². The number of hydrogen-bond acceptors (Lipinski definition) is 3. The molecule has 0 radical (unpaired) electrons. The lowest BCUT2D eigenvalue weighted by Crippen LogP contribution is -2.40. The maximum Gasteiger partial charge on any atom is 0.193 e. The second-order valence-electron chi connectivity index (χ2n) is 7.30. The van der Waals surface area contributed by atoms with E-state index in [4.69, 9.17) is 9.47 Å². The number of methoxy groups -OCH3 is 2. The number of nitrogens with one attached hydrogen (secondary N) is 1. The Balaban J connectivity index is 0.00000300. The lowest BCUT2D eigenvalue weighted by atomic mass is 10.1. The highest BCUT2D eigenvalue weighted by molar-refractivity contribution is 14.0. The van der Waals surface area contributed by atoms with Crippen LogP contribution in [0.3, 0.4) is 0 Å². The van der Waals surface area contributed by atoms with E-state index in [2.05, 4.69) is 58.7 Å². The number of benzene rings is 2. The second-order valence-corrected chi connectivity index (χ2v) is 7.30. The van der Waals surface area contributed by atoms with E-state index in [0.29, 0.717) is 11.8 Å². The van der Waals surface area contributed by atoms with E-state index in [1.54, 1.807) is 14.2 Å². The van der Waals surface area contributed by atoms with Gasteiger partial charge in [-0.2, -0.15) is 0 Å². The predicted molar refractivity (Wildman–Crippen MR) is 130 cm³/mol. The number of likely N-dealkylation sites (N-methyl/N-ethyl adjacent to an activating group) is 1. The van der Waals surface area contributed by atoms with Crippen molar-refractivity contribution in [1.29, 1.82) is 0 Å². The molecule has 6 heteroatoms. The van der Waals surface area contributed by atoms with Gasteiger partial charge < -0.3 is 19.7 Å². The average Bonchev–Trinajstić information content (AvgIpc) is 3.52. The Bertz CT molecular complexity index is 798. The summed E-state index contributed by atoms with van der Waals surface area (Å²) in [6.07, 6.45) is 2.16. The molecule has 2 aromatic rings. The van der Waals surface area contributed by atoms with Gasteiger partial charge in [-0.15, -0.1) is 24.0 Å². The third kappa shape index (κ3) is 6.26. The van der Waals surface area contributed by atoms with Crippen LogP contribution in [-0.4, -0.2) is 52.3 Å². The topological polar surface area (TPSA) is 46.1 Å². The molecule has 1 fully saturated rings. The molecular weight excluding hydrogens is 477 g/mol. The van der Waals surface area contributed by atoms with Crippen LogP contribution in [0.2, 0.25) is 0 Å². The smallest absolute Gasteiger partial charge is 0.193 e. The summed E-state index contributed by atoms with van der Waals surface area (Å²) in [6, 6.07) is 16.9. The second kappa shape index (κ2) is 11.3. The number of ether oxygens (including phenoxy) is 2. The van der Waals surface area contributed by atoms with E-state index in [0.717, 1.165) is 37.0 Å². The lowest BCUT2D eigenvalue weighted by Gasteiger charge is -2.22. The third-order valence-electron chi connectivity index (χ3n) is 5.43. The van der Waals surface area contributed by atoms with Gasteiger partial charge in [0.1, 0.15) is 0 Å². The number of hydrogen-bond donors (Lipinski definition) is 1. The van der Waals surface area contributed by atoms with Gasteiger partial charge in [-0.3, -0.25) is 4.99 Å². The van der Waals surface area contributed by atoms with Crippen LogP contribution in [0.25, 0.3) is 0 Å². The quantitative estimate of drug-likeness (QED) is 0.330. The number of guanidine groups is 1.